The van der Waals surface area contributed by atoms with Gasteiger partial charge >= 0.3 is 12.2 Å². The third-order valence-corrected chi connectivity index (χ3v) is 16.2. The van der Waals surface area contributed by atoms with Crippen molar-refractivity contribution in [2.24, 2.45) is 51.2 Å². The van der Waals surface area contributed by atoms with Crippen LogP contribution < -0.4 is 0 Å². The molecule has 9 unspecified atom stereocenters. The summed E-state index contributed by atoms with van der Waals surface area (Å²) in [7, 11) is 0. The van der Waals surface area contributed by atoms with E-state index in [2.05, 4.69) is 34.6 Å². The lowest BCUT2D eigenvalue weighted by atomic mass is 9.41. The molecule has 9 rings (SSSR count). The Morgan fingerprint density at radius 2 is 1.51 bits per heavy atom. The van der Waals surface area contributed by atoms with E-state index < -0.39 is 0 Å². The van der Waals surface area contributed by atoms with E-state index >= 15 is 0 Å². The molecular formula is C41H66N2O6. The highest BCUT2D eigenvalue weighted by molar-refractivity contribution is 5.69. The zero-order valence-corrected chi connectivity index (χ0v) is 31.4. The lowest BCUT2D eigenvalue weighted by Gasteiger charge is -2.64. The molecule has 3 heterocycles. The van der Waals surface area contributed by atoms with Crippen molar-refractivity contribution < 1.29 is 28.5 Å². The van der Waals surface area contributed by atoms with Gasteiger partial charge in [-0.2, -0.15) is 0 Å². The summed E-state index contributed by atoms with van der Waals surface area (Å²) in [6.45, 7) is 16.1. The lowest BCUT2D eigenvalue weighted by molar-refractivity contribution is -0.192. The summed E-state index contributed by atoms with van der Waals surface area (Å²) >= 11 is 0. The van der Waals surface area contributed by atoms with Crippen molar-refractivity contribution in [3.63, 3.8) is 0 Å². The number of morpholine rings is 1. The molecule has 276 valence electrons. The van der Waals surface area contributed by atoms with Gasteiger partial charge in [-0.1, -0.05) is 41.0 Å². The number of likely N-dealkylation sites (tertiary alicyclic amines) is 1. The molecule has 0 aromatic carbocycles. The van der Waals surface area contributed by atoms with Crippen LogP contribution >= 0.6 is 0 Å². The predicted molar refractivity (Wildman–Crippen MR) is 188 cm³/mol. The molecule has 8 heteroatoms. The molecule has 2 bridgehead atoms. The van der Waals surface area contributed by atoms with Crippen molar-refractivity contribution in [2.75, 3.05) is 39.4 Å². The summed E-state index contributed by atoms with van der Waals surface area (Å²) in [5.74, 6) is 2.89. The topological polar surface area (TPSA) is 77.5 Å². The molecule has 3 aliphatic heterocycles. The molecule has 3 saturated heterocycles. The van der Waals surface area contributed by atoms with Gasteiger partial charge < -0.3 is 28.7 Å². The molecule has 2 amide bonds. The van der Waals surface area contributed by atoms with Gasteiger partial charge in [0.1, 0.15) is 12.2 Å². The predicted octanol–water partition coefficient (Wildman–Crippen LogP) is 8.46. The van der Waals surface area contributed by atoms with Crippen LogP contribution in [0, 0.1) is 51.2 Å². The molecule has 9 fully saturated rings. The van der Waals surface area contributed by atoms with Crippen LogP contribution in [0.25, 0.3) is 0 Å². The first-order valence-electron chi connectivity index (χ1n) is 20.6. The third-order valence-electron chi connectivity index (χ3n) is 16.2. The van der Waals surface area contributed by atoms with E-state index in [4.69, 9.17) is 18.9 Å². The molecular weight excluding hydrogens is 616 g/mol. The zero-order chi connectivity index (χ0) is 34.2. The Bertz CT molecular complexity index is 1240. The lowest BCUT2D eigenvalue weighted by Crippen LogP contribution is -2.57. The maximum atomic E-state index is 13.3. The van der Waals surface area contributed by atoms with Gasteiger partial charge in [0, 0.05) is 31.6 Å². The Morgan fingerprint density at radius 3 is 2.22 bits per heavy atom. The van der Waals surface area contributed by atoms with E-state index in [9.17, 15) is 9.59 Å². The van der Waals surface area contributed by atoms with Gasteiger partial charge in [0.15, 0.2) is 0 Å². The maximum Gasteiger partial charge on any atom is 0.410 e. The van der Waals surface area contributed by atoms with Crippen LogP contribution in [0.15, 0.2) is 0 Å². The Kier molecular flexibility index (Phi) is 9.05. The number of hydrogen-bond donors (Lipinski definition) is 0. The summed E-state index contributed by atoms with van der Waals surface area (Å²) < 4.78 is 25.3. The van der Waals surface area contributed by atoms with E-state index in [-0.39, 0.29) is 47.9 Å². The van der Waals surface area contributed by atoms with Crippen LogP contribution in [-0.4, -0.2) is 85.8 Å². The molecule has 0 N–H and O–H groups in total. The molecule has 8 nitrogen and oxygen atoms in total. The van der Waals surface area contributed by atoms with Crippen LogP contribution in [0.4, 0.5) is 9.59 Å². The first-order valence-corrected chi connectivity index (χ1v) is 20.6. The molecule has 0 radical (unpaired) electrons. The van der Waals surface area contributed by atoms with Crippen molar-refractivity contribution in [1.82, 2.24) is 9.80 Å². The highest BCUT2D eigenvalue weighted by Gasteiger charge is 2.69. The number of nitrogens with zero attached hydrogens (tertiary/aromatic N) is 2. The van der Waals surface area contributed by atoms with Gasteiger partial charge in [0.25, 0.3) is 0 Å². The summed E-state index contributed by atoms with van der Waals surface area (Å²) in [4.78, 5) is 29.9. The number of amides is 2. The molecule has 49 heavy (non-hydrogen) atoms. The molecule has 6 aliphatic carbocycles. The van der Waals surface area contributed by atoms with Crippen LogP contribution in [0.1, 0.15) is 131 Å². The van der Waals surface area contributed by atoms with Crippen molar-refractivity contribution in [3.05, 3.63) is 0 Å². The number of carbonyl (C=O) groups is 2. The average molecular weight is 683 g/mol. The summed E-state index contributed by atoms with van der Waals surface area (Å²) in [5.41, 5.74) is 1.21. The SMILES string of the molecule is CC(C)C(OC(=O)N1CCC1)C1CCC2CC3(C)CCCC45CC6(CCCC(OC(=O)N7CCOCC7)C(C)(C)C6CCC4C3CC2O1)C5. The van der Waals surface area contributed by atoms with E-state index in [0.29, 0.717) is 60.3 Å². The summed E-state index contributed by atoms with van der Waals surface area (Å²) in [6.07, 6.45) is 18.5. The van der Waals surface area contributed by atoms with Crippen LogP contribution in [0.5, 0.6) is 0 Å². The smallest absolute Gasteiger partial charge is 0.410 e. The second-order valence-electron chi connectivity index (χ2n) is 19.5. The van der Waals surface area contributed by atoms with E-state index in [1.54, 1.807) is 0 Å². The van der Waals surface area contributed by atoms with Crippen molar-refractivity contribution >= 4 is 12.2 Å². The molecule has 2 spiro atoms. The molecule has 9 aliphatic rings. The average Bonchev–Trinajstić information content (AvgIpc) is 3.35. The fraction of sp³-hybridized carbons (Fsp3) is 0.951. The molecule has 9 atom stereocenters. The Balaban J connectivity index is 0.999. The number of rotatable bonds is 4. The van der Waals surface area contributed by atoms with Crippen molar-refractivity contribution in [2.45, 2.75) is 155 Å². The first-order chi connectivity index (χ1) is 23.4. The third kappa shape index (κ3) is 5.93. The highest BCUT2D eigenvalue weighted by Crippen LogP contribution is 2.76. The second kappa shape index (κ2) is 12.8. The molecule has 0 aromatic rings. The minimum atomic E-state index is -0.174. The van der Waals surface area contributed by atoms with Crippen molar-refractivity contribution in [1.29, 1.82) is 0 Å². The minimum absolute atomic E-state index is 0.00111. The largest absolute Gasteiger partial charge is 0.446 e. The van der Waals surface area contributed by atoms with Gasteiger partial charge in [0.05, 0.1) is 25.4 Å². The minimum Gasteiger partial charge on any atom is -0.446 e. The fourth-order valence-corrected chi connectivity index (χ4v) is 13.8. The van der Waals surface area contributed by atoms with E-state index in [1.807, 2.05) is 9.80 Å². The molecule has 0 aromatic heterocycles. The van der Waals surface area contributed by atoms with Gasteiger partial charge in [-0.25, -0.2) is 9.59 Å². The van der Waals surface area contributed by atoms with E-state index in [1.165, 1.54) is 77.0 Å². The van der Waals surface area contributed by atoms with Gasteiger partial charge in [-0.05, 0) is 136 Å². The number of carbonyl (C=O) groups excluding carboxylic acids is 2. The summed E-state index contributed by atoms with van der Waals surface area (Å²) in [5, 5.41) is 0. The molecule has 6 saturated carbocycles. The number of ether oxygens (including phenoxy) is 4. The maximum absolute atomic E-state index is 13.3. The van der Waals surface area contributed by atoms with Gasteiger partial charge in [-0.15, -0.1) is 0 Å². The fourth-order valence-electron chi connectivity index (χ4n) is 13.8. The monoisotopic (exact) mass is 682 g/mol. The summed E-state index contributed by atoms with van der Waals surface area (Å²) in [6, 6.07) is 0. The van der Waals surface area contributed by atoms with Crippen LogP contribution in [-0.2, 0) is 18.9 Å². The van der Waals surface area contributed by atoms with Gasteiger partial charge in [0.2, 0.25) is 0 Å². The zero-order valence-electron chi connectivity index (χ0n) is 31.4. The van der Waals surface area contributed by atoms with Crippen molar-refractivity contribution in [3.8, 4) is 0 Å². The van der Waals surface area contributed by atoms with Crippen LogP contribution in [0.3, 0.4) is 0 Å². The Hall–Kier alpha value is -1.54. The Morgan fingerprint density at radius 1 is 0.776 bits per heavy atom. The number of hydrogen-bond acceptors (Lipinski definition) is 6. The quantitative estimate of drug-likeness (QED) is 0.296. The Labute approximate surface area is 296 Å². The van der Waals surface area contributed by atoms with E-state index in [0.717, 1.165) is 38.3 Å². The highest BCUT2D eigenvalue weighted by atomic mass is 16.6. The van der Waals surface area contributed by atoms with Gasteiger partial charge in [-0.3, -0.25) is 0 Å². The second-order valence-corrected chi connectivity index (χ2v) is 19.5. The number of fused-ring (bicyclic) bond motifs is 3. The van der Waals surface area contributed by atoms with Crippen LogP contribution in [0.2, 0.25) is 0 Å². The first kappa shape index (κ1) is 34.5. The standard InChI is InChI=1S/C41H66N2O6/c1-27(2)35(49-37(45)42-17-8-18-42)31-12-10-28-24-39(5)14-7-16-40-25-41(26-40)15-6-9-34(48-36(44)43-19-21-46-22-20-43)38(3,4)33(41)13-11-29(40)30(39)23-32(28)47-31/h27-35H,6-26H2,1-5H3. The normalized spacial score (nSPS) is 45.0.